The number of aromatic nitrogens is 3. The number of hydrogen-bond acceptors (Lipinski definition) is 5. The van der Waals surface area contributed by atoms with Crippen LogP contribution < -0.4 is 0 Å². The minimum atomic E-state index is -0.631. The van der Waals surface area contributed by atoms with Gasteiger partial charge in [0.2, 0.25) is 0 Å². The monoisotopic (exact) mass is 282 g/mol. The first-order valence-corrected chi connectivity index (χ1v) is 6.09. The maximum atomic E-state index is 10.7. The first-order chi connectivity index (χ1) is 10.2. The van der Waals surface area contributed by atoms with Gasteiger partial charge in [0.1, 0.15) is 0 Å². The van der Waals surface area contributed by atoms with Gasteiger partial charge in [-0.2, -0.15) is 5.10 Å². The van der Waals surface area contributed by atoms with E-state index in [-0.39, 0.29) is 11.4 Å². The van der Waals surface area contributed by atoms with E-state index < -0.39 is 4.92 Å². The van der Waals surface area contributed by atoms with E-state index in [0.29, 0.717) is 22.5 Å². The molecular formula is C14H10N4O3. The van der Waals surface area contributed by atoms with Gasteiger partial charge in [0.05, 0.1) is 22.5 Å². The lowest BCUT2D eigenvalue weighted by Gasteiger charge is -2.04. The summed E-state index contributed by atoms with van der Waals surface area (Å²) in [4.78, 5) is 14.3. The molecule has 7 nitrogen and oxygen atoms in total. The van der Waals surface area contributed by atoms with E-state index in [1.165, 1.54) is 12.1 Å². The van der Waals surface area contributed by atoms with Crippen LogP contribution in [0.4, 0.5) is 5.69 Å². The van der Waals surface area contributed by atoms with E-state index in [1.54, 1.807) is 24.5 Å². The highest BCUT2D eigenvalue weighted by molar-refractivity contribution is 5.80. The first-order valence-electron chi connectivity index (χ1n) is 6.09. The Kier molecular flexibility index (Phi) is 3.07. The molecule has 2 aromatic heterocycles. The molecule has 1 aromatic carbocycles. The number of aromatic amines is 1. The molecule has 3 aromatic rings. The van der Waals surface area contributed by atoms with E-state index in [4.69, 9.17) is 0 Å². The Morgan fingerprint density at radius 2 is 2.10 bits per heavy atom. The Balaban J connectivity index is 2.09. The number of phenols is 1. The Labute approximate surface area is 119 Å². The third-order valence-electron chi connectivity index (χ3n) is 3.04. The summed E-state index contributed by atoms with van der Waals surface area (Å²) in [5.74, 6) is -0.384. The molecule has 0 fully saturated rings. The number of pyridine rings is 1. The molecule has 21 heavy (non-hydrogen) atoms. The summed E-state index contributed by atoms with van der Waals surface area (Å²) in [5, 5.41) is 27.3. The molecule has 0 unspecified atom stereocenters. The molecule has 0 aliphatic heterocycles. The summed E-state index contributed by atoms with van der Waals surface area (Å²) in [5.41, 5.74) is 2.37. The van der Waals surface area contributed by atoms with Crippen LogP contribution in [0.15, 0.2) is 48.8 Å². The largest absolute Gasteiger partial charge is 0.502 e. The van der Waals surface area contributed by atoms with Gasteiger partial charge in [0, 0.05) is 17.8 Å². The fourth-order valence-electron chi connectivity index (χ4n) is 2.06. The molecule has 0 bridgehead atoms. The number of nitro benzene ring substituents is 1. The fourth-order valence-corrected chi connectivity index (χ4v) is 2.06. The van der Waals surface area contributed by atoms with E-state index in [9.17, 15) is 15.2 Å². The van der Waals surface area contributed by atoms with Gasteiger partial charge < -0.3 is 5.11 Å². The summed E-state index contributed by atoms with van der Waals surface area (Å²) in [7, 11) is 0. The molecule has 2 N–H and O–H groups in total. The number of benzene rings is 1. The van der Waals surface area contributed by atoms with Crippen molar-refractivity contribution in [2.24, 2.45) is 0 Å². The van der Waals surface area contributed by atoms with Crippen molar-refractivity contribution < 1.29 is 10.0 Å². The standard InChI is InChI=1S/C14H10N4O3/c19-13-7-9(4-5-12(13)18(20)21)10-8-16-17-14(10)11-3-1-2-6-15-11/h1-8,19H,(H,16,17). The van der Waals surface area contributed by atoms with Gasteiger partial charge in [-0.05, 0) is 29.8 Å². The van der Waals surface area contributed by atoms with E-state index in [1.807, 2.05) is 12.1 Å². The van der Waals surface area contributed by atoms with Crippen molar-refractivity contribution in [2.75, 3.05) is 0 Å². The topological polar surface area (TPSA) is 105 Å². The number of aromatic hydroxyl groups is 1. The van der Waals surface area contributed by atoms with E-state index >= 15 is 0 Å². The van der Waals surface area contributed by atoms with Gasteiger partial charge in [0.25, 0.3) is 0 Å². The van der Waals surface area contributed by atoms with Crippen molar-refractivity contribution in [3.8, 4) is 28.3 Å². The van der Waals surface area contributed by atoms with Crippen LogP contribution in [0.5, 0.6) is 5.75 Å². The highest BCUT2D eigenvalue weighted by Crippen LogP contribution is 2.34. The van der Waals surface area contributed by atoms with Crippen LogP contribution in [-0.2, 0) is 0 Å². The molecule has 7 heteroatoms. The number of nitrogens with one attached hydrogen (secondary N) is 1. The van der Waals surface area contributed by atoms with Gasteiger partial charge in [-0.15, -0.1) is 0 Å². The molecule has 0 atom stereocenters. The molecule has 0 aliphatic rings. The molecular weight excluding hydrogens is 272 g/mol. The first kappa shape index (κ1) is 12.8. The molecule has 104 valence electrons. The Morgan fingerprint density at radius 3 is 2.76 bits per heavy atom. The predicted molar refractivity (Wildman–Crippen MR) is 75.6 cm³/mol. The maximum absolute atomic E-state index is 10.7. The van der Waals surface area contributed by atoms with Crippen molar-refractivity contribution in [3.63, 3.8) is 0 Å². The van der Waals surface area contributed by atoms with E-state index in [0.717, 1.165) is 0 Å². The van der Waals surface area contributed by atoms with Gasteiger partial charge in [-0.3, -0.25) is 20.2 Å². The predicted octanol–water partition coefficient (Wildman–Crippen LogP) is 2.75. The lowest BCUT2D eigenvalue weighted by molar-refractivity contribution is -0.385. The quantitative estimate of drug-likeness (QED) is 0.567. The highest BCUT2D eigenvalue weighted by atomic mass is 16.6. The lowest BCUT2D eigenvalue weighted by atomic mass is 10.0. The highest BCUT2D eigenvalue weighted by Gasteiger charge is 2.16. The molecule has 0 saturated carbocycles. The zero-order valence-corrected chi connectivity index (χ0v) is 10.7. The summed E-state index contributed by atoms with van der Waals surface area (Å²) < 4.78 is 0. The number of nitro groups is 1. The van der Waals surface area contributed by atoms with Crippen molar-refractivity contribution in [2.45, 2.75) is 0 Å². The Morgan fingerprint density at radius 1 is 1.24 bits per heavy atom. The number of rotatable bonds is 3. The van der Waals surface area contributed by atoms with Gasteiger partial charge in [-0.1, -0.05) is 6.07 Å². The summed E-state index contributed by atoms with van der Waals surface area (Å²) in [6, 6.07) is 9.64. The number of nitrogens with zero attached hydrogens (tertiary/aromatic N) is 3. The zero-order valence-electron chi connectivity index (χ0n) is 10.7. The van der Waals surface area contributed by atoms with Gasteiger partial charge in [0.15, 0.2) is 5.75 Å². The third kappa shape index (κ3) is 2.32. The summed E-state index contributed by atoms with van der Waals surface area (Å²) >= 11 is 0. The average molecular weight is 282 g/mol. The molecule has 0 aliphatic carbocycles. The van der Waals surface area contributed by atoms with Gasteiger partial charge in [-0.25, -0.2) is 0 Å². The van der Waals surface area contributed by atoms with Crippen LogP contribution in [0, 0.1) is 10.1 Å². The smallest absolute Gasteiger partial charge is 0.310 e. The van der Waals surface area contributed by atoms with Crippen LogP contribution >= 0.6 is 0 Å². The van der Waals surface area contributed by atoms with E-state index in [2.05, 4.69) is 15.2 Å². The molecule has 0 amide bonds. The second-order valence-electron chi connectivity index (χ2n) is 4.33. The number of H-pyrrole nitrogens is 1. The summed E-state index contributed by atoms with van der Waals surface area (Å²) in [6.45, 7) is 0. The summed E-state index contributed by atoms with van der Waals surface area (Å²) in [6.07, 6.45) is 3.25. The van der Waals surface area contributed by atoms with Crippen LogP contribution in [0.2, 0.25) is 0 Å². The van der Waals surface area contributed by atoms with Crippen LogP contribution in [0.1, 0.15) is 0 Å². The average Bonchev–Trinajstić information content (AvgIpc) is 2.97. The van der Waals surface area contributed by atoms with Crippen LogP contribution in [0.3, 0.4) is 0 Å². The van der Waals surface area contributed by atoms with Crippen molar-refractivity contribution in [1.29, 1.82) is 0 Å². The third-order valence-corrected chi connectivity index (χ3v) is 3.04. The molecule has 3 rings (SSSR count). The molecule has 0 radical (unpaired) electrons. The minimum absolute atomic E-state index is 0.332. The molecule has 0 spiro atoms. The second-order valence-corrected chi connectivity index (χ2v) is 4.33. The number of phenolic OH excluding ortho intramolecular Hbond substituents is 1. The SMILES string of the molecule is O=[N+]([O-])c1ccc(-c2cn[nH]c2-c2ccccn2)cc1O. The Bertz CT molecular complexity index is 799. The minimum Gasteiger partial charge on any atom is -0.502 e. The maximum Gasteiger partial charge on any atom is 0.310 e. The molecule has 0 saturated heterocycles. The zero-order chi connectivity index (χ0) is 14.8. The second kappa shape index (κ2) is 5.04. The van der Waals surface area contributed by atoms with Crippen LogP contribution in [-0.4, -0.2) is 25.2 Å². The van der Waals surface area contributed by atoms with Crippen LogP contribution in [0.25, 0.3) is 22.5 Å². The van der Waals surface area contributed by atoms with Crippen molar-refractivity contribution in [1.82, 2.24) is 15.2 Å². The molecule has 2 heterocycles. The lowest BCUT2D eigenvalue weighted by Crippen LogP contribution is -1.90. The van der Waals surface area contributed by atoms with Gasteiger partial charge >= 0.3 is 5.69 Å². The Hall–Kier alpha value is -3.22. The fraction of sp³-hybridized carbons (Fsp3) is 0. The van der Waals surface area contributed by atoms with Crippen molar-refractivity contribution in [3.05, 3.63) is 58.9 Å². The van der Waals surface area contributed by atoms with Crippen molar-refractivity contribution >= 4 is 5.69 Å². The normalized spacial score (nSPS) is 10.5. The number of hydrogen-bond donors (Lipinski definition) is 2.